The van der Waals surface area contributed by atoms with Crippen LogP contribution in [0.4, 0.5) is 0 Å². The maximum Gasteiger partial charge on any atom is 0.139 e. The lowest BCUT2D eigenvalue weighted by Crippen LogP contribution is -2.45. The molecule has 1 aliphatic carbocycles. The Morgan fingerprint density at radius 3 is 2.63 bits per heavy atom. The Morgan fingerprint density at radius 1 is 1.53 bits per heavy atom. The van der Waals surface area contributed by atoms with E-state index in [0.29, 0.717) is 12.8 Å². The maximum absolute atomic E-state index is 12.3. The second kappa shape index (κ2) is 6.14. The first-order valence-electron chi connectivity index (χ1n) is 7.07. The highest BCUT2D eigenvalue weighted by molar-refractivity contribution is 5.85. The van der Waals surface area contributed by atoms with Crippen molar-refractivity contribution in [2.75, 3.05) is 6.61 Å². The van der Waals surface area contributed by atoms with Crippen LogP contribution in [0.5, 0.6) is 0 Å². The predicted molar refractivity (Wildman–Crippen MR) is 72.7 cm³/mol. The van der Waals surface area contributed by atoms with Gasteiger partial charge in [0.1, 0.15) is 11.6 Å². The molecule has 0 heterocycles. The fourth-order valence-corrected chi connectivity index (χ4v) is 2.86. The van der Waals surface area contributed by atoms with Crippen molar-refractivity contribution in [2.24, 2.45) is 11.3 Å². The molecule has 1 aliphatic rings. The highest BCUT2D eigenvalue weighted by atomic mass is 16.3. The molecule has 2 unspecified atom stereocenters. The molecule has 19 heavy (non-hydrogen) atoms. The lowest BCUT2D eigenvalue weighted by molar-refractivity contribution is -0.139. The first kappa shape index (κ1) is 16.3. The molecule has 0 aromatic heterocycles. The van der Waals surface area contributed by atoms with Crippen LogP contribution in [-0.4, -0.2) is 34.0 Å². The van der Waals surface area contributed by atoms with Gasteiger partial charge in [0.2, 0.25) is 0 Å². The summed E-state index contributed by atoms with van der Waals surface area (Å²) in [5.74, 6) is 0.153. The molecule has 1 saturated carbocycles. The Kier molecular flexibility index (Phi) is 5.27. The van der Waals surface area contributed by atoms with Gasteiger partial charge in [0, 0.05) is 18.3 Å². The van der Waals surface area contributed by atoms with E-state index >= 15 is 0 Å². The number of hydrogen-bond acceptors (Lipinski definition) is 4. The fourth-order valence-electron chi connectivity index (χ4n) is 2.86. The molecule has 2 N–H and O–H groups in total. The topological polar surface area (TPSA) is 74.6 Å². The van der Waals surface area contributed by atoms with Crippen LogP contribution in [0.25, 0.3) is 0 Å². The number of Topliss-reactive ketones (excluding diaryl/α,β-unsaturated/α-hetero) is 2. The van der Waals surface area contributed by atoms with Crippen molar-refractivity contribution in [2.45, 2.75) is 64.9 Å². The Morgan fingerprint density at radius 2 is 2.16 bits per heavy atom. The van der Waals surface area contributed by atoms with Gasteiger partial charge < -0.3 is 15.0 Å². The van der Waals surface area contributed by atoms with Crippen LogP contribution in [-0.2, 0) is 9.59 Å². The van der Waals surface area contributed by atoms with E-state index in [1.54, 1.807) is 13.8 Å². The van der Waals surface area contributed by atoms with Crippen molar-refractivity contribution in [3.63, 3.8) is 0 Å². The number of aliphatic hydroxyl groups excluding tert-OH is 1. The zero-order chi connectivity index (χ0) is 14.7. The SMILES string of the molecule is CC(=O)CCC[C@]1(C)CCC(C(C)(O)CO)CC1=O. The first-order chi connectivity index (χ1) is 8.71. The summed E-state index contributed by atoms with van der Waals surface area (Å²) >= 11 is 0. The van der Waals surface area contributed by atoms with E-state index < -0.39 is 5.60 Å². The molecule has 1 fully saturated rings. The molecule has 0 aromatic rings. The standard InChI is InChI=1S/C15H26O4/c1-11(17)5-4-7-14(2)8-6-12(9-13(14)18)15(3,19)10-16/h12,16,19H,4-10H2,1-3H3/t12?,14-,15?/m1/s1. The van der Waals surface area contributed by atoms with Gasteiger partial charge in [-0.15, -0.1) is 0 Å². The molecule has 0 spiro atoms. The average molecular weight is 270 g/mol. The van der Waals surface area contributed by atoms with Gasteiger partial charge in [0.05, 0.1) is 12.2 Å². The zero-order valence-electron chi connectivity index (χ0n) is 12.2. The highest BCUT2D eigenvalue weighted by Gasteiger charge is 2.43. The quantitative estimate of drug-likeness (QED) is 0.772. The van der Waals surface area contributed by atoms with Crippen LogP contribution >= 0.6 is 0 Å². The van der Waals surface area contributed by atoms with E-state index in [9.17, 15) is 14.7 Å². The van der Waals surface area contributed by atoms with Crippen LogP contribution in [0.1, 0.15) is 59.3 Å². The van der Waals surface area contributed by atoms with E-state index in [1.807, 2.05) is 6.92 Å². The minimum absolute atomic E-state index is 0.154. The number of rotatable bonds is 6. The highest BCUT2D eigenvalue weighted by Crippen LogP contribution is 2.42. The largest absolute Gasteiger partial charge is 0.393 e. The van der Waals surface area contributed by atoms with Crippen LogP contribution in [0, 0.1) is 11.3 Å². The molecular weight excluding hydrogens is 244 g/mol. The summed E-state index contributed by atoms with van der Waals surface area (Å²) in [5, 5.41) is 19.2. The Labute approximate surface area is 115 Å². The third-order valence-corrected chi connectivity index (χ3v) is 4.61. The minimum Gasteiger partial charge on any atom is -0.393 e. The molecule has 1 rings (SSSR count). The van der Waals surface area contributed by atoms with Crippen LogP contribution in [0.15, 0.2) is 0 Å². The Hall–Kier alpha value is -0.740. The van der Waals surface area contributed by atoms with Crippen molar-refractivity contribution in [3.8, 4) is 0 Å². The fraction of sp³-hybridized carbons (Fsp3) is 0.867. The lowest BCUT2D eigenvalue weighted by Gasteiger charge is -2.41. The smallest absolute Gasteiger partial charge is 0.139 e. The third kappa shape index (κ3) is 4.11. The van der Waals surface area contributed by atoms with Crippen molar-refractivity contribution >= 4 is 11.6 Å². The van der Waals surface area contributed by atoms with Crippen LogP contribution in [0.2, 0.25) is 0 Å². The van der Waals surface area contributed by atoms with E-state index in [2.05, 4.69) is 0 Å². The third-order valence-electron chi connectivity index (χ3n) is 4.61. The number of carbonyl (C=O) groups is 2. The van der Waals surface area contributed by atoms with Gasteiger partial charge in [-0.2, -0.15) is 0 Å². The zero-order valence-corrected chi connectivity index (χ0v) is 12.2. The summed E-state index contributed by atoms with van der Waals surface area (Å²) in [7, 11) is 0. The summed E-state index contributed by atoms with van der Waals surface area (Å²) in [6.07, 6.45) is 3.81. The van der Waals surface area contributed by atoms with E-state index in [4.69, 9.17) is 5.11 Å². The van der Waals surface area contributed by atoms with Gasteiger partial charge in [-0.05, 0) is 45.4 Å². The molecule has 3 atom stereocenters. The van der Waals surface area contributed by atoms with Gasteiger partial charge in [-0.3, -0.25) is 4.79 Å². The van der Waals surface area contributed by atoms with Crippen molar-refractivity contribution < 1.29 is 19.8 Å². The number of ketones is 2. The van der Waals surface area contributed by atoms with E-state index in [1.165, 1.54) is 0 Å². The van der Waals surface area contributed by atoms with E-state index in [-0.39, 0.29) is 29.5 Å². The molecule has 0 radical (unpaired) electrons. The molecule has 4 heteroatoms. The molecule has 0 aliphatic heterocycles. The van der Waals surface area contributed by atoms with E-state index in [0.717, 1.165) is 25.7 Å². The average Bonchev–Trinajstić information content (AvgIpc) is 2.32. The van der Waals surface area contributed by atoms with Crippen LogP contribution in [0.3, 0.4) is 0 Å². The number of hydrogen-bond donors (Lipinski definition) is 2. The van der Waals surface area contributed by atoms with Gasteiger partial charge >= 0.3 is 0 Å². The molecule has 4 nitrogen and oxygen atoms in total. The second-order valence-electron chi connectivity index (χ2n) is 6.49. The molecular formula is C15H26O4. The Balaban J connectivity index is 2.58. The normalized spacial score (nSPS) is 31.0. The summed E-state index contributed by atoms with van der Waals surface area (Å²) in [6, 6.07) is 0. The summed E-state index contributed by atoms with van der Waals surface area (Å²) in [4.78, 5) is 23.2. The number of carbonyl (C=O) groups excluding carboxylic acids is 2. The van der Waals surface area contributed by atoms with Crippen molar-refractivity contribution in [1.82, 2.24) is 0 Å². The summed E-state index contributed by atoms with van der Waals surface area (Å²) in [5.41, 5.74) is -1.53. The maximum atomic E-state index is 12.3. The molecule has 0 amide bonds. The molecule has 0 aromatic carbocycles. The van der Waals surface area contributed by atoms with Gasteiger partial charge in [0.15, 0.2) is 0 Å². The summed E-state index contributed by atoms with van der Waals surface area (Å²) in [6.45, 7) is 4.80. The van der Waals surface area contributed by atoms with Crippen molar-refractivity contribution in [1.29, 1.82) is 0 Å². The lowest BCUT2D eigenvalue weighted by atomic mass is 9.65. The van der Waals surface area contributed by atoms with Gasteiger partial charge in [-0.1, -0.05) is 6.92 Å². The predicted octanol–water partition coefficient (Wildman–Crippen LogP) is 1.86. The first-order valence-corrected chi connectivity index (χ1v) is 7.07. The molecule has 0 saturated heterocycles. The Bertz CT molecular complexity index is 348. The van der Waals surface area contributed by atoms with Gasteiger partial charge in [-0.25, -0.2) is 0 Å². The van der Waals surface area contributed by atoms with Gasteiger partial charge in [0.25, 0.3) is 0 Å². The van der Waals surface area contributed by atoms with Crippen LogP contribution < -0.4 is 0 Å². The number of aliphatic hydroxyl groups is 2. The molecule has 0 bridgehead atoms. The minimum atomic E-state index is -1.17. The molecule has 110 valence electrons. The summed E-state index contributed by atoms with van der Waals surface area (Å²) < 4.78 is 0. The second-order valence-corrected chi connectivity index (χ2v) is 6.49. The monoisotopic (exact) mass is 270 g/mol. The van der Waals surface area contributed by atoms with Crippen molar-refractivity contribution in [3.05, 3.63) is 0 Å².